The summed E-state index contributed by atoms with van der Waals surface area (Å²) in [5.41, 5.74) is 0.580. The molecular formula is C19H20N3O8-. The first-order valence-corrected chi connectivity index (χ1v) is 8.92. The van der Waals surface area contributed by atoms with E-state index in [2.05, 4.69) is 10.6 Å². The number of hydrogen-bond acceptors (Lipinski definition) is 8. The molecule has 0 aliphatic heterocycles. The quantitative estimate of drug-likeness (QED) is 0.333. The summed E-state index contributed by atoms with van der Waals surface area (Å²) in [4.78, 5) is 57.2. The normalized spacial score (nSPS) is 10.4. The van der Waals surface area contributed by atoms with Crippen LogP contribution in [0.15, 0.2) is 27.4 Å². The molecule has 0 atom stereocenters. The number of phenols is 1. The number of nitrogens with one attached hydrogen (secondary N) is 3. The van der Waals surface area contributed by atoms with Crippen molar-refractivity contribution >= 4 is 34.7 Å². The van der Waals surface area contributed by atoms with Gasteiger partial charge in [0.15, 0.2) is 0 Å². The van der Waals surface area contributed by atoms with Crippen LogP contribution in [0.4, 0.5) is 0 Å². The van der Waals surface area contributed by atoms with Crippen LogP contribution in [0.25, 0.3) is 11.0 Å². The number of fused-ring (bicyclic) bond motifs is 1. The van der Waals surface area contributed by atoms with Gasteiger partial charge in [0, 0.05) is 23.4 Å². The van der Waals surface area contributed by atoms with Crippen LogP contribution in [0.2, 0.25) is 0 Å². The summed E-state index contributed by atoms with van der Waals surface area (Å²) >= 11 is 0. The van der Waals surface area contributed by atoms with Crippen molar-refractivity contribution in [3.05, 3.63) is 39.7 Å². The molecule has 0 spiro atoms. The van der Waals surface area contributed by atoms with Gasteiger partial charge in [-0.2, -0.15) is 0 Å². The molecule has 1 aromatic carbocycles. The maximum Gasteiger partial charge on any atom is 0.339 e. The number of aryl methyl sites for hydroxylation is 1. The van der Waals surface area contributed by atoms with E-state index in [-0.39, 0.29) is 24.2 Å². The molecule has 0 saturated heterocycles. The molecule has 2 aromatic rings. The van der Waals surface area contributed by atoms with Crippen LogP contribution >= 0.6 is 0 Å². The Morgan fingerprint density at radius 2 is 1.60 bits per heavy atom. The van der Waals surface area contributed by atoms with Crippen molar-refractivity contribution in [1.29, 1.82) is 0 Å². The van der Waals surface area contributed by atoms with Crippen LogP contribution in [0, 0.1) is 6.92 Å². The van der Waals surface area contributed by atoms with Gasteiger partial charge in [-0.15, -0.1) is 0 Å². The number of carboxylic acid groups (broad SMARTS) is 1. The van der Waals surface area contributed by atoms with E-state index >= 15 is 0 Å². The fourth-order valence-electron chi connectivity index (χ4n) is 2.65. The predicted molar refractivity (Wildman–Crippen MR) is 101 cm³/mol. The zero-order valence-electron chi connectivity index (χ0n) is 16.1. The molecule has 0 bridgehead atoms. The van der Waals surface area contributed by atoms with Gasteiger partial charge in [0.1, 0.15) is 11.3 Å². The highest BCUT2D eigenvalue weighted by atomic mass is 16.4. The Morgan fingerprint density at radius 1 is 1.00 bits per heavy atom. The zero-order chi connectivity index (χ0) is 22.3. The number of amides is 3. The molecule has 0 aliphatic carbocycles. The van der Waals surface area contributed by atoms with E-state index < -0.39 is 49.0 Å². The van der Waals surface area contributed by atoms with Crippen molar-refractivity contribution in [2.24, 2.45) is 0 Å². The van der Waals surface area contributed by atoms with E-state index in [4.69, 9.17) is 4.42 Å². The minimum Gasteiger partial charge on any atom is -0.548 e. The van der Waals surface area contributed by atoms with Gasteiger partial charge < -0.3 is 35.4 Å². The number of hydrogen-bond donors (Lipinski definition) is 4. The number of carbonyl (C=O) groups excluding carboxylic acids is 4. The molecule has 0 aliphatic rings. The zero-order valence-corrected chi connectivity index (χ0v) is 16.1. The van der Waals surface area contributed by atoms with Gasteiger partial charge in [0.05, 0.1) is 25.6 Å². The second-order valence-electron chi connectivity index (χ2n) is 6.38. The molecule has 160 valence electrons. The highest BCUT2D eigenvalue weighted by molar-refractivity contribution is 5.89. The van der Waals surface area contributed by atoms with Crippen LogP contribution in [0.1, 0.15) is 17.5 Å². The van der Waals surface area contributed by atoms with Crippen LogP contribution in [0.3, 0.4) is 0 Å². The molecule has 0 unspecified atom stereocenters. The fourth-order valence-corrected chi connectivity index (χ4v) is 2.65. The molecule has 0 fully saturated rings. The first kappa shape index (κ1) is 22.4. The Hall–Kier alpha value is -3.89. The predicted octanol–water partition coefficient (Wildman–Crippen LogP) is -2.16. The Bertz CT molecular complexity index is 1040. The van der Waals surface area contributed by atoms with Crippen LogP contribution in [-0.4, -0.2) is 48.4 Å². The van der Waals surface area contributed by atoms with Crippen molar-refractivity contribution in [2.45, 2.75) is 19.8 Å². The summed E-state index contributed by atoms with van der Waals surface area (Å²) in [6, 6.07) is 4.40. The number of aliphatic carboxylic acids is 1. The lowest BCUT2D eigenvalue weighted by Gasteiger charge is -2.09. The van der Waals surface area contributed by atoms with Gasteiger partial charge in [-0.3, -0.25) is 14.4 Å². The van der Waals surface area contributed by atoms with Crippen molar-refractivity contribution in [3.8, 4) is 5.75 Å². The standard InChI is InChI=1S/C19H21N3O8/c1-10-12-3-2-11(23)6-14(12)30-19(29)13(10)4-5-15(24)20-7-16(25)21-8-17(26)22-9-18(27)28/h2-3,6,23H,4-5,7-9H2,1H3,(H,20,24)(H,21,25)(H,22,26)(H,27,28)/p-1. The molecule has 4 N–H and O–H groups in total. The molecule has 3 amide bonds. The molecule has 11 heteroatoms. The second-order valence-corrected chi connectivity index (χ2v) is 6.38. The van der Waals surface area contributed by atoms with E-state index in [9.17, 15) is 34.2 Å². The highest BCUT2D eigenvalue weighted by Crippen LogP contribution is 2.23. The van der Waals surface area contributed by atoms with E-state index in [1.165, 1.54) is 12.1 Å². The molecular weight excluding hydrogens is 398 g/mol. The third kappa shape index (κ3) is 6.33. The van der Waals surface area contributed by atoms with Crippen molar-refractivity contribution in [1.82, 2.24) is 16.0 Å². The van der Waals surface area contributed by atoms with E-state index in [1.807, 2.05) is 5.32 Å². The van der Waals surface area contributed by atoms with E-state index in [0.717, 1.165) is 0 Å². The highest BCUT2D eigenvalue weighted by Gasteiger charge is 2.14. The van der Waals surface area contributed by atoms with Gasteiger partial charge in [-0.25, -0.2) is 4.79 Å². The SMILES string of the molecule is Cc1c(CCC(=O)NCC(=O)NCC(=O)NCC(=O)[O-])c(=O)oc2cc(O)ccc12. The third-order valence-corrected chi connectivity index (χ3v) is 4.20. The average molecular weight is 418 g/mol. The van der Waals surface area contributed by atoms with Gasteiger partial charge in [0.2, 0.25) is 17.7 Å². The largest absolute Gasteiger partial charge is 0.548 e. The second kappa shape index (κ2) is 10.0. The minimum atomic E-state index is -1.46. The van der Waals surface area contributed by atoms with Crippen LogP contribution < -0.4 is 26.7 Å². The maximum atomic E-state index is 12.2. The monoisotopic (exact) mass is 418 g/mol. The first-order chi connectivity index (χ1) is 14.2. The average Bonchev–Trinajstić information content (AvgIpc) is 2.68. The minimum absolute atomic E-state index is 0.0353. The summed E-state index contributed by atoms with van der Waals surface area (Å²) in [6.45, 7) is 0.198. The summed E-state index contributed by atoms with van der Waals surface area (Å²) in [5.74, 6) is -3.35. The number of aromatic hydroxyl groups is 1. The topological polar surface area (TPSA) is 178 Å². The van der Waals surface area contributed by atoms with E-state index in [1.54, 1.807) is 13.0 Å². The summed E-state index contributed by atoms with van der Waals surface area (Å²) in [7, 11) is 0. The number of carboxylic acids is 1. The first-order valence-electron chi connectivity index (χ1n) is 8.92. The Kier molecular flexibility index (Phi) is 7.50. The van der Waals surface area contributed by atoms with Gasteiger partial charge in [-0.1, -0.05) is 0 Å². The molecule has 30 heavy (non-hydrogen) atoms. The van der Waals surface area contributed by atoms with Gasteiger partial charge >= 0.3 is 5.63 Å². The smallest absolute Gasteiger partial charge is 0.339 e. The molecule has 11 nitrogen and oxygen atoms in total. The summed E-state index contributed by atoms with van der Waals surface area (Å²) in [5, 5.41) is 26.9. The Balaban J connectivity index is 1.83. The number of benzene rings is 1. The van der Waals surface area contributed by atoms with Crippen molar-refractivity contribution in [3.63, 3.8) is 0 Å². The lowest BCUT2D eigenvalue weighted by atomic mass is 10.0. The molecule has 0 radical (unpaired) electrons. The van der Waals surface area contributed by atoms with Crippen molar-refractivity contribution < 1.29 is 33.8 Å². The Labute approximate surface area is 170 Å². The summed E-state index contributed by atoms with van der Waals surface area (Å²) < 4.78 is 5.18. The number of carbonyl (C=O) groups is 4. The number of phenolic OH excluding ortho intramolecular Hbond substituents is 1. The third-order valence-electron chi connectivity index (χ3n) is 4.20. The van der Waals surface area contributed by atoms with Crippen LogP contribution in [0.5, 0.6) is 5.75 Å². The molecule has 0 saturated carbocycles. The molecule has 1 heterocycles. The fraction of sp³-hybridized carbons (Fsp3) is 0.316. The van der Waals surface area contributed by atoms with E-state index in [0.29, 0.717) is 16.5 Å². The van der Waals surface area contributed by atoms with Crippen LogP contribution in [-0.2, 0) is 25.6 Å². The summed E-state index contributed by atoms with van der Waals surface area (Å²) in [6.07, 6.45) is 0.0125. The Morgan fingerprint density at radius 3 is 2.23 bits per heavy atom. The molecule has 2 rings (SSSR count). The lowest BCUT2D eigenvalue weighted by molar-refractivity contribution is -0.304. The van der Waals surface area contributed by atoms with Gasteiger partial charge in [-0.05, 0) is 31.0 Å². The van der Waals surface area contributed by atoms with Gasteiger partial charge in [0.25, 0.3) is 0 Å². The van der Waals surface area contributed by atoms with Crippen molar-refractivity contribution in [2.75, 3.05) is 19.6 Å². The lowest BCUT2D eigenvalue weighted by Crippen LogP contribution is -2.44. The maximum absolute atomic E-state index is 12.2. The number of rotatable bonds is 9. The molecule has 1 aromatic heterocycles.